The van der Waals surface area contributed by atoms with Crippen molar-refractivity contribution in [3.05, 3.63) is 59.4 Å². The van der Waals surface area contributed by atoms with Gasteiger partial charge in [-0.25, -0.2) is 0 Å². The Morgan fingerprint density at radius 2 is 1.96 bits per heavy atom. The summed E-state index contributed by atoms with van der Waals surface area (Å²) in [6.07, 6.45) is 1.80. The lowest BCUT2D eigenvalue weighted by Crippen LogP contribution is -2.36. The maximum atomic E-state index is 5.22. The second-order valence-corrected chi connectivity index (χ2v) is 4.90. The van der Waals surface area contributed by atoms with Crippen molar-refractivity contribution >= 4 is 29.9 Å². The monoisotopic (exact) mass is 426 g/mol. The van der Waals surface area contributed by atoms with Crippen LogP contribution in [0.1, 0.15) is 16.8 Å². The van der Waals surface area contributed by atoms with Gasteiger partial charge in [0.2, 0.25) is 0 Å². The summed E-state index contributed by atoms with van der Waals surface area (Å²) in [4.78, 5) is 8.59. The maximum Gasteiger partial charge on any atom is 0.191 e. The number of rotatable bonds is 5. The van der Waals surface area contributed by atoms with Gasteiger partial charge in [-0.05, 0) is 36.2 Å². The van der Waals surface area contributed by atoms with Crippen LogP contribution in [0.15, 0.2) is 47.6 Å². The highest BCUT2D eigenvalue weighted by Crippen LogP contribution is 2.12. The first-order valence-corrected chi connectivity index (χ1v) is 7.21. The molecule has 0 bridgehead atoms. The molecule has 2 aromatic rings. The van der Waals surface area contributed by atoms with Crippen LogP contribution in [-0.4, -0.2) is 25.1 Å². The van der Waals surface area contributed by atoms with E-state index in [9.17, 15) is 0 Å². The molecule has 1 heterocycles. The fraction of sp³-hybridized carbons (Fsp3) is 0.294. The van der Waals surface area contributed by atoms with Gasteiger partial charge in [-0.1, -0.05) is 18.2 Å². The van der Waals surface area contributed by atoms with Crippen molar-refractivity contribution in [2.45, 2.75) is 20.0 Å². The zero-order valence-electron chi connectivity index (χ0n) is 13.7. The van der Waals surface area contributed by atoms with Crippen LogP contribution >= 0.6 is 24.0 Å². The van der Waals surface area contributed by atoms with Gasteiger partial charge in [-0.15, -0.1) is 24.0 Å². The topological polar surface area (TPSA) is 58.5 Å². The van der Waals surface area contributed by atoms with E-state index in [4.69, 9.17) is 4.74 Å². The summed E-state index contributed by atoms with van der Waals surface area (Å²) in [5, 5.41) is 6.55. The standard InChI is InChI=1S/C17H22N4O.HI/c1-13-6-5-9-19-16(13)12-21-17(18-2)20-11-14-7-4-8-15(10-14)22-3;/h4-10H,11-12H2,1-3H3,(H2,18,20,21);1H. The average molecular weight is 426 g/mol. The summed E-state index contributed by atoms with van der Waals surface area (Å²) >= 11 is 0. The minimum atomic E-state index is 0. The second kappa shape index (κ2) is 10.0. The van der Waals surface area contributed by atoms with Crippen LogP contribution in [0.5, 0.6) is 5.75 Å². The second-order valence-electron chi connectivity index (χ2n) is 4.90. The van der Waals surface area contributed by atoms with Crippen LogP contribution in [0, 0.1) is 6.92 Å². The van der Waals surface area contributed by atoms with E-state index in [0.717, 1.165) is 23.0 Å². The summed E-state index contributed by atoms with van der Waals surface area (Å²) in [5.41, 5.74) is 3.32. The first-order chi connectivity index (χ1) is 10.7. The van der Waals surface area contributed by atoms with E-state index < -0.39 is 0 Å². The van der Waals surface area contributed by atoms with Crippen molar-refractivity contribution in [2.75, 3.05) is 14.2 Å². The molecule has 5 nitrogen and oxygen atoms in total. The predicted molar refractivity (Wildman–Crippen MR) is 104 cm³/mol. The van der Waals surface area contributed by atoms with Crippen LogP contribution in [0.4, 0.5) is 0 Å². The van der Waals surface area contributed by atoms with Gasteiger partial charge in [0.05, 0.1) is 19.3 Å². The molecule has 1 aromatic carbocycles. The SMILES string of the molecule is CN=C(NCc1cccc(OC)c1)NCc1ncccc1C.I. The number of aliphatic imine (C=N–C) groups is 1. The Balaban J connectivity index is 0.00000264. The fourth-order valence-electron chi connectivity index (χ4n) is 2.06. The fourth-order valence-corrected chi connectivity index (χ4v) is 2.06. The quantitative estimate of drug-likeness (QED) is 0.439. The first kappa shape index (κ1) is 19.2. The highest BCUT2D eigenvalue weighted by molar-refractivity contribution is 14.0. The van der Waals surface area contributed by atoms with Crippen molar-refractivity contribution in [1.82, 2.24) is 15.6 Å². The zero-order chi connectivity index (χ0) is 15.8. The molecule has 0 atom stereocenters. The van der Waals surface area contributed by atoms with Crippen LogP contribution < -0.4 is 15.4 Å². The highest BCUT2D eigenvalue weighted by atomic mass is 127. The van der Waals surface area contributed by atoms with E-state index in [1.54, 1.807) is 20.4 Å². The number of benzene rings is 1. The number of aryl methyl sites for hydroxylation is 1. The van der Waals surface area contributed by atoms with Gasteiger partial charge >= 0.3 is 0 Å². The van der Waals surface area contributed by atoms with Crippen molar-refractivity contribution in [3.8, 4) is 5.75 Å². The molecule has 124 valence electrons. The summed E-state index contributed by atoms with van der Waals surface area (Å²) in [5.74, 6) is 1.60. The summed E-state index contributed by atoms with van der Waals surface area (Å²) < 4.78 is 5.22. The average Bonchev–Trinajstić information content (AvgIpc) is 2.56. The minimum absolute atomic E-state index is 0. The van der Waals surface area contributed by atoms with Crippen LogP contribution in [0.25, 0.3) is 0 Å². The van der Waals surface area contributed by atoms with Gasteiger partial charge in [-0.3, -0.25) is 9.98 Å². The summed E-state index contributed by atoms with van der Waals surface area (Å²) in [7, 11) is 3.43. The van der Waals surface area contributed by atoms with Gasteiger partial charge in [0.15, 0.2) is 5.96 Å². The Hall–Kier alpha value is -1.83. The normalized spacial score (nSPS) is 10.7. The summed E-state index contributed by atoms with van der Waals surface area (Å²) in [6.45, 7) is 3.37. The van der Waals surface area contributed by atoms with Gasteiger partial charge in [0, 0.05) is 19.8 Å². The van der Waals surface area contributed by atoms with E-state index in [0.29, 0.717) is 13.1 Å². The molecular weight excluding hydrogens is 403 g/mol. The van der Waals surface area contributed by atoms with E-state index in [1.165, 1.54) is 5.56 Å². The lowest BCUT2D eigenvalue weighted by molar-refractivity contribution is 0.414. The molecule has 0 unspecified atom stereocenters. The summed E-state index contributed by atoms with van der Waals surface area (Å²) in [6, 6.07) is 11.9. The third-order valence-electron chi connectivity index (χ3n) is 3.36. The Morgan fingerprint density at radius 1 is 1.17 bits per heavy atom. The number of hydrogen-bond donors (Lipinski definition) is 2. The molecule has 1 aromatic heterocycles. The van der Waals surface area contributed by atoms with E-state index in [1.807, 2.05) is 30.3 Å². The predicted octanol–water partition coefficient (Wildman–Crippen LogP) is 2.88. The van der Waals surface area contributed by atoms with E-state index in [-0.39, 0.29) is 24.0 Å². The molecule has 2 N–H and O–H groups in total. The molecule has 0 fully saturated rings. The Kier molecular flexibility index (Phi) is 8.39. The van der Waals surface area contributed by atoms with Gasteiger partial charge < -0.3 is 15.4 Å². The van der Waals surface area contributed by atoms with Crippen molar-refractivity contribution in [3.63, 3.8) is 0 Å². The number of pyridine rings is 1. The number of methoxy groups -OCH3 is 1. The highest BCUT2D eigenvalue weighted by Gasteiger charge is 2.02. The van der Waals surface area contributed by atoms with Gasteiger partial charge in [0.1, 0.15) is 5.75 Å². The Morgan fingerprint density at radius 3 is 2.65 bits per heavy atom. The van der Waals surface area contributed by atoms with Crippen LogP contribution in [0.2, 0.25) is 0 Å². The molecule has 0 spiro atoms. The van der Waals surface area contributed by atoms with Crippen molar-refractivity contribution in [2.24, 2.45) is 4.99 Å². The third-order valence-corrected chi connectivity index (χ3v) is 3.36. The number of nitrogens with zero attached hydrogens (tertiary/aromatic N) is 2. The molecule has 0 saturated heterocycles. The molecule has 0 aliphatic carbocycles. The number of aromatic nitrogens is 1. The van der Waals surface area contributed by atoms with Crippen molar-refractivity contribution in [1.29, 1.82) is 0 Å². The van der Waals surface area contributed by atoms with Crippen LogP contribution in [0.3, 0.4) is 0 Å². The largest absolute Gasteiger partial charge is 0.497 e. The maximum absolute atomic E-state index is 5.22. The Labute approximate surface area is 154 Å². The molecule has 0 aliphatic heterocycles. The molecule has 23 heavy (non-hydrogen) atoms. The lowest BCUT2D eigenvalue weighted by atomic mass is 10.2. The third kappa shape index (κ3) is 6.05. The molecule has 0 amide bonds. The first-order valence-electron chi connectivity index (χ1n) is 7.21. The van der Waals surface area contributed by atoms with Gasteiger partial charge in [-0.2, -0.15) is 0 Å². The smallest absolute Gasteiger partial charge is 0.191 e. The van der Waals surface area contributed by atoms with E-state index >= 15 is 0 Å². The molecule has 0 radical (unpaired) electrons. The van der Waals surface area contributed by atoms with Crippen molar-refractivity contribution < 1.29 is 4.74 Å². The number of ether oxygens (including phenoxy) is 1. The molecular formula is C17H23IN4O. The Bertz CT molecular complexity index is 646. The minimum Gasteiger partial charge on any atom is -0.497 e. The molecule has 0 saturated carbocycles. The zero-order valence-corrected chi connectivity index (χ0v) is 16.0. The van der Waals surface area contributed by atoms with E-state index in [2.05, 4.69) is 33.6 Å². The molecule has 2 rings (SSSR count). The number of halogens is 1. The lowest BCUT2D eigenvalue weighted by Gasteiger charge is -2.13. The number of hydrogen-bond acceptors (Lipinski definition) is 3. The molecule has 6 heteroatoms. The molecule has 0 aliphatic rings. The number of guanidine groups is 1. The van der Waals surface area contributed by atoms with Gasteiger partial charge in [0.25, 0.3) is 0 Å². The number of nitrogens with one attached hydrogen (secondary N) is 2. The van der Waals surface area contributed by atoms with Crippen LogP contribution in [-0.2, 0) is 13.1 Å².